The van der Waals surface area contributed by atoms with E-state index in [1.165, 1.54) is 5.56 Å². The molecule has 144 valence electrons. The fraction of sp³-hybridized carbons (Fsp3) is 0.429. The summed E-state index contributed by atoms with van der Waals surface area (Å²) in [4.78, 5) is 12.8. The molecule has 3 aromatic rings. The predicted octanol–water partition coefficient (Wildman–Crippen LogP) is 4.82. The molecule has 0 unspecified atom stereocenters. The van der Waals surface area contributed by atoms with Crippen LogP contribution in [0, 0.1) is 6.92 Å². The van der Waals surface area contributed by atoms with Gasteiger partial charge in [0.05, 0.1) is 12.5 Å². The molecule has 6 heteroatoms. The Bertz CT molecular complexity index is 872. The number of thiophene rings is 1. The van der Waals surface area contributed by atoms with Crippen molar-refractivity contribution in [1.29, 1.82) is 0 Å². The van der Waals surface area contributed by atoms with E-state index < -0.39 is 0 Å². The van der Waals surface area contributed by atoms with Crippen LogP contribution in [-0.2, 0) is 0 Å². The molecule has 5 nitrogen and oxygen atoms in total. The number of benzene rings is 1. The third-order valence-corrected chi connectivity index (χ3v) is 5.66. The number of ether oxygens (including phenoxy) is 1. The van der Waals surface area contributed by atoms with Crippen molar-refractivity contribution in [3.05, 3.63) is 35.5 Å². The minimum atomic E-state index is 0.803. The van der Waals surface area contributed by atoms with E-state index in [0.29, 0.717) is 0 Å². The number of rotatable bonds is 9. The molecule has 0 amide bonds. The second kappa shape index (κ2) is 9.15. The molecule has 0 atom stereocenters. The van der Waals surface area contributed by atoms with Crippen LogP contribution in [0.15, 0.2) is 29.6 Å². The largest absolute Gasteiger partial charge is 0.497 e. The van der Waals surface area contributed by atoms with Gasteiger partial charge in [-0.1, -0.05) is 26.0 Å². The van der Waals surface area contributed by atoms with Crippen LogP contribution in [0.3, 0.4) is 0 Å². The molecule has 0 fully saturated rings. The number of fused-ring (bicyclic) bond motifs is 1. The van der Waals surface area contributed by atoms with Crippen LogP contribution in [-0.4, -0.2) is 48.2 Å². The molecule has 0 saturated carbocycles. The third kappa shape index (κ3) is 4.57. The SMILES string of the molecule is CCN(CC)CCCNc1nc(C)nc2scc(-c3ccc(OC)cc3)c12. The van der Waals surface area contributed by atoms with Crippen molar-refractivity contribution >= 4 is 27.4 Å². The number of nitrogens with zero attached hydrogens (tertiary/aromatic N) is 3. The number of aromatic nitrogens is 2. The Balaban J connectivity index is 1.84. The van der Waals surface area contributed by atoms with Gasteiger partial charge in [-0.3, -0.25) is 0 Å². The zero-order chi connectivity index (χ0) is 19.2. The van der Waals surface area contributed by atoms with Gasteiger partial charge in [0.1, 0.15) is 22.2 Å². The normalized spacial score (nSPS) is 11.3. The van der Waals surface area contributed by atoms with E-state index >= 15 is 0 Å². The quantitative estimate of drug-likeness (QED) is 0.536. The second-order valence-electron chi connectivity index (χ2n) is 6.48. The lowest BCUT2D eigenvalue weighted by Gasteiger charge is -2.18. The van der Waals surface area contributed by atoms with Crippen molar-refractivity contribution in [2.75, 3.05) is 38.6 Å². The van der Waals surface area contributed by atoms with Gasteiger partial charge in [0.15, 0.2) is 0 Å². The fourth-order valence-corrected chi connectivity index (χ4v) is 4.20. The molecule has 2 heterocycles. The smallest absolute Gasteiger partial charge is 0.139 e. The van der Waals surface area contributed by atoms with Gasteiger partial charge >= 0.3 is 0 Å². The molecular formula is C21H28N4OS. The van der Waals surface area contributed by atoms with Gasteiger partial charge in [-0.05, 0) is 50.7 Å². The van der Waals surface area contributed by atoms with Gasteiger partial charge in [0, 0.05) is 17.5 Å². The third-order valence-electron chi connectivity index (χ3n) is 4.78. The zero-order valence-corrected chi connectivity index (χ0v) is 17.4. The summed E-state index contributed by atoms with van der Waals surface area (Å²) in [5, 5.41) is 6.83. The summed E-state index contributed by atoms with van der Waals surface area (Å²) < 4.78 is 5.28. The average molecular weight is 385 g/mol. The molecule has 0 aliphatic rings. The molecule has 0 bridgehead atoms. The highest BCUT2D eigenvalue weighted by Crippen LogP contribution is 2.37. The number of aryl methyl sites for hydroxylation is 1. The Labute approximate surface area is 165 Å². The van der Waals surface area contributed by atoms with Crippen LogP contribution in [0.2, 0.25) is 0 Å². The zero-order valence-electron chi connectivity index (χ0n) is 16.6. The maximum Gasteiger partial charge on any atom is 0.139 e. The van der Waals surface area contributed by atoms with E-state index in [4.69, 9.17) is 9.72 Å². The first-order chi connectivity index (χ1) is 13.2. The maximum atomic E-state index is 5.28. The van der Waals surface area contributed by atoms with Gasteiger partial charge in [-0.2, -0.15) is 0 Å². The number of hydrogen-bond acceptors (Lipinski definition) is 6. The summed E-state index contributed by atoms with van der Waals surface area (Å²) in [6, 6.07) is 8.16. The van der Waals surface area contributed by atoms with Crippen LogP contribution < -0.4 is 10.1 Å². The Kier molecular flexibility index (Phi) is 6.63. The Morgan fingerprint density at radius 1 is 1.11 bits per heavy atom. The molecular weight excluding hydrogens is 356 g/mol. The molecule has 0 aliphatic carbocycles. The van der Waals surface area contributed by atoms with E-state index in [9.17, 15) is 0 Å². The number of methoxy groups -OCH3 is 1. The van der Waals surface area contributed by atoms with E-state index in [-0.39, 0.29) is 0 Å². The summed E-state index contributed by atoms with van der Waals surface area (Å²) in [7, 11) is 1.69. The number of nitrogens with one attached hydrogen (secondary N) is 1. The summed E-state index contributed by atoms with van der Waals surface area (Å²) >= 11 is 1.67. The molecule has 3 rings (SSSR count). The average Bonchev–Trinajstić information content (AvgIpc) is 3.12. The number of hydrogen-bond donors (Lipinski definition) is 1. The first kappa shape index (κ1) is 19.6. The minimum Gasteiger partial charge on any atom is -0.497 e. The van der Waals surface area contributed by atoms with Crippen LogP contribution in [0.5, 0.6) is 5.75 Å². The minimum absolute atomic E-state index is 0.803. The fourth-order valence-electron chi connectivity index (χ4n) is 3.21. The van der Waals surface area contributed by atoms with Crippen molar-refractivity contribution in [2.45, 2.75) is 27.2 Å². The summed E-state index contributed by atoms with van der Waals surface area (Å²) in [6.07, 6.45) is 1.09. The second-order valence-corrected chi connectivity index (χ2v) is 7.34. The highest BCUT2D eigenvalue weighted by atomic mass is 32.1. The summed E-state index contributed by atoms with van der Waals surface area (Å²) in [6.45, 7) is 10.6. The Hall–Kier alpha value is -2.18. The van der Waals surface area contributed by atoms with E-state index in [2.05, 4.69) is 46.6 Å². The Morgan fingerprint density at radius 3 is 2.52 bits per heavy atom. The van der Waals surface area contributed by atoms with Crippen LogP contribution in [0.1, 0.15) is 26.1 Å². The van der Waals surface area contributed by atoms with Crippen molar-refractivity contribution in [3.8, 4) is 16.9 Å². The maximum absolute atomic E-state index is 5.28. The lowest BCUT2D eigenvalue weighted by molar-refractivity contribution is 0.303. The lowest BCUT2D eigenvalue weighted by atomic mass is 10.1. The van der Waals surface area contributed by atoms with Crippen LogP contribution >= 0.6 is 11.3 Å². The van der Waals surface area contributed by atoms with E-state index in [1.54, 1.807) is 18.4 Å². The predicted molar refractivity (Wildman–Crippen MR) is 115 cm³/mol. The van der Waals surface area contributed by atoms with Crippen molar-refractivity contribution in [2.24, 2.45) is 0 Å². The van der Waals surface area contributed by atoms with Crippen LogP contribution in [0.4, 0.5) is 5.82 Å². The van der Waals surface area contributed by atoms with E-state index in [1.807, 2.05) is 19.1 Å². The molecule has 0 radical (unpaired) electrons. The molecule has 0 spiro atoms. The van der Waals surface area contributed by atoms with Gasteiger partial charge in [0.2, 0.25) is 0 Å². The standard InChI is InChI=1S/C21H28N4OS/c1-5-25(6-2)13-7-12-22-20-19-18(14-27-21(19)24-15(3)23-20)16-8-10-17(26-4)11-9-16/h8-11,14H,5-7,12-13H2,1-4H3,(H,22,23,24). The van der Waals surface area contributed by atoms with Crippen molar-refractivity contribution in [1.82, 2.24) is 14.9 Å². The van der Waals surface area contributed by atoms with Crippen LogP contribution in [0.25, 0.3) is 21.3 Å². The molecule has 2 aromatic heterocycles. The molecule has 0 aliphatic heterocycles. The highest BCUT2D eigenvalue weighted by Gasteiger charge is 2.14. The summed E-state index contributed by atoms with van der Waals surface area (Å²) in [5.41, 5.74) is 2.32. The first-order valence-electron chi connectivity index (χ1n) is 9.52. The van der Waals surface area contributed by atoms with Crippen molar-refractivity contribution in [3.63, 3.8) is 0 Å². The monoisotopic (exact) mass is 384 g/mol. The lowest BCUT2D eigenvalue weighted by Crippen LogP contribution is -2.25. The highest BCUT2D eigenvalue weighted by molar-refractivity contribution is 7.17. The van der Waals surface area contributed by atoms with Gasteiger partial charge in [-0.15, -0.1) is 11.3 Å². The summed E-state index contributed by atoms with van der Waals surface area (Å²) in [5.74, 6) is 2.60. The Morgan fingerprint density at radius 2 is 1.85 bits per heavy atom. The number of anilines is 1. The van der Waals surface area contributed by atoms with Gasteiger partial charge in [-0.25, -0.2) is 9.97 Å². The van der Waals surface area contributed by atoms with E-state index in [0.717, 1.165) is 65.8 Å². The molecule has 0 saturated heterocycles. The molecule has 27 heavy (non-hydrogen) atoms. The topological polar surface area (TPSA) is 50.3 Å². The van der Waals surface area contributed by atoms with Gasteiger partial charge < -0.3 is 15.0 Å². The molecule has 1 N–H and O–H groups in total. The van der Waals surface area contributed by atoms with Gasteiger partial charge in [0.25, 0.3) is 0 Å². The van der Waals surface area contributed by atoms with Crippen molar-refractivity contribution < 1.29 is 4.74 Å². The first-order valence-corrected chi connectivity index (χ1v) is 10.4. The molecule has 1 aromatic carbocycles.